The van der Waals surface area contributed by atoms with Gasteiger partial charge in [-0.15, -0.1) is 0 Å². The van der Waals surface area contributed by atoms with Crippen LogP contribution >= 0.6 is 0 Å². The predicted molar refractivity (Wildman–Crippen MR) is 73.0 cm³/mol. The van der Waals surface area contributed by atoms with Crippen LogP contribution in [-0.4, -0.2) is 26.6 Å². The summed E-state index contributed by atoms with van der Waals surface area (Å²) < 4.78 is 5.38. The van der Waals surface area contributed by atoms with E-state index in [0.29, 0.717) is 13.1 Å². The van der Waals surface area contributed by atoms with Crippen molar-refractivity contribution in [3.8, 4) is 5.75 Å². The molecule has 0 bridgehead atoms. The topological polar surface area (TPSA) is 50.4 Å². The van der Waals surface area contributed by atoms with E-state index in [1.54, 1.807) is 14.2 Å². The summed E-state index contributed by atoms with van der Waals surface area (Å²) in [4.78, 5) is 11.4. The smallest absolute Gasteiger partial charge is 0.234 e. The van der Waals surface area contributed by atoms with Gasteiger partial charge in [0, 0.05) is 6.54 Å². The minimum atomic E-state index is 0.00280. The van der Waals surface area contributed by atoms with Gasteiger partial charge in [0.2, 0.25) is 5.91 Å². The van der Waals surface area contributed by atoms with Crippen molar-refractivity contribution in [2.45, 2.75) is 27.3 Å². The standard InChI is InChI=1S/C14H22N2O2/c1-9-6-12(7-16-13(17)8-15-4)10(2)11(3)14(9)18-5/h6,15H,7-8H2,1-5H3,(H,16,17). The molecule has 1 aromatic carbocycles. The second-order valence-electron chi connectivity index (χ2n) is 4.44. The maximum absolute atomic E-state index is 11.4. The lowest BCUT2D eigenvalue weighted by Gasteiger charge is -2.16. The van der Waals surface area contributed by atoms with Gasteiger partial charge in [-0.2, -0.15) is 0 Å². The summed E-state index contributed by atoms with van der Waals surface area (Å²) in [5.74, 6) is 0.931. The van der Waals surface area contributed by atoms with Crippen LogP contribution in [0.4, 0.5) is 0 Å². The van der Waals surface area contributed by atoms with Crippen molar-refractivity contribution in [1.82, 2.24) is 10.6 Å². The fourth-order valence-corrected chi connectivity index (χ4v) is 2.06. The molecule has 4 heteroatoms. The van der Waals surface area contributed by atoms with Crippen molar-refractivity contribution >= 4 is 5.91 Å². The quantitative estimate of drug-likeness (QED) is 0.831. The average molecular weight is 250 g/mol. The summed E-state index contributed by atoms with van der Waals surface area (Å²) in [6.07, 6.45) is 0. The third-order valence-electron chi connectivity index (χ3n) is 3.15. The van der Waals surface area contributed by atoms with Gasteiger partial charge in [-0.1, -0.05) is 6.07 Å². The Labute approximate surface area is 109 Å². The van der Waals surface area contributed by atoms with E-state index in [1.165, 1.54) is 5.56 Å². The Morgan fingerprint density at radius 2 is 1.94 bits per heavy atom. The van der Waals surface area contributed by atoms with Crippen molar-refractivity contribution < 1.29 is 9.53 Å². The Bertz CT molecular complexity index is 442. The van der Waals surface area contributed by atoms with Crippen LogP contribution in [0.1, 0.15) is 22.3 Å². The highest BCUT2D eigenvalue weighted by atomic mass is 16.5. The monoisotopic (exact) mass is 250 g/mol. The summed E-state index contributed by atoms with van der Waals surface area (Å²) in [7, 11) is 3.44. The first kappa shape index (κ1) is 14.5. The first-order valence-electron chi connectivity index (χ1n) is 6.06. The number of methoxy groups -OCH3 is 1. The molecule has 100 valence electrons. The van der Waals surface area contributed by atoms with Crippen LogP contribution in [0.5, 0.6) is 5.75 Å². The number of hydrogen-bond donors (Lipinski definition) is 2. The van der Waals surface area contributed by atoms with E-state index >= 15 is 0 Å². The van der Waals surface area contributed by atoms with Gasteiger partial charge in [0.15, 0.2) is 0 Å². The zero-order chi connectivity index (χ0) is 13.7. The van der Waals surface area contributed by atoms with Gasteiger partial charge in [-0.05, 0) is 50.1 Å². The highest BCUT2D eigenvalue weighted by Crippen LogP contribution is 2.28. The van der Waals surface area contributed by atoms with Gasteiger partial charge in [0.1, 0.15) is 5.75 Å². The number of rotatable bonds is 5. The molecule has 0 atom stereocenters. The lowest BCUT2D eigenvalue weighted by Crippen LogP contribution is -2.31. The molecule has 2 N–H and O–H groups in total. The maximum Gasteiger partial charge on any atom is 0.234 e. The normalized spacial score (nSPS) is 10.3. The van der Waals surface area contributed by atoms with Crippen molar-refractivity contribution in [1.29, 1.82) is 0 Å². The highest BCUT2D eigenvalue weighted by molar-refractivity contribution is 5.78. The van der Waals surface area contributed by atoms with Crippen LogP contribution < -0.4 is 15.4 Å². The summed E-state index contributed by atoms with van der Waals surface area (Å²) in [5.41, 5.74) is 4.53. The molecule has 0 saturated heterocycles. The van der Waals surface area contributed by atoms with E-state index in [0.717, 1.165) is 22.4 Å². The fourth-order valence-electron chi connectivity index (χ4n) is 2.06. The Morgan fingerprint density at radius 3 is 2.50 bits per heavy atom. The molecule has 1 amide bonds. The van der Waals surface area contributed by atoms with Crippen LogP contribution in [0.2, 0.25) is 0 Å². The number of carbonyl (C=O) groups is 1. The number of hydrogen-bond acceptors (Lipinski definition) is 3. The lowest BCUT2D eigenvalue weighted by molar-refractivity contribution is -0.120. The highest BCUT2D eigenvalue weighted by Gasteiger charge is 2.11. The number of aryl methyl sites for hydroxylation is 1. The molecule has 18 heavy (non-hydrogen) atoms. The van der Waals surface area contributed by atoms with Gasteiger partial charge >= 0.3 is 0 Å². The predicted octanol–water partition coefficient (Wildman–Crippen LogP) is 1.46. The van der Waals surface area contributed by atoms with Crippen LogP contribution in [0, 0.1) is 20.8 Å². The molecule has 1 rings (SSSR count). The number of ether oxygens (including phenoxy) is 1. The Hall–Kier alpha value is -1.55. The van der Waals surface area contributed by atoms with Gasteiger partial charge < -0.3 is 15.4 Å². The molecule has 0 aliphatic heterocycles. The van der Waals surface area contributed by atoms with Crippen molar-refractivity contribution in [2.75, 3.05) is 20.7 Å². The molecule has 0 aromatic heterocycles. The molecule has 0 fully saturated rings. The first-order chi connectivity index (χ1) is 8.51. The third kappa shape index (κ3) is 3.23. The molecule has 0 aliphatic carbocycles. The molecule has 4 nitrogen and oxygen atoms in total. The molecular formula is C14H22N2O2. The van der Waals surface area contributed by atoms with Gasteiger partial charge in [0.25, 0.3) is 0 Å². The SMILES string of the molecule is CNCC(=O)NCc1cc(C)c(OC)c(C)c1C. The lowest BCUT2D eigenvalue weighted by atomic mass is 9.98. The molecule has 0 radical (unpaired) electrons. The molecule has 0 saturated carbocycles. The Balaban J connectivity index is 2.88. The Morgan fingerprint density at radius 1 is 1.28 bits per heavy atom. The van der Waals surface area contributed by atoms with E-state index in [-0.39, 0.29) is 5.91 Å². The minimum Gasteiger partial charge on any atom is -0.496 e. The second kappa shape index (κ2) is 6.40. The van der Waals surface area contributed by atoms with E-state index in [1.807, 2.05) is 13.8 Å². The number of likely N-dealkylation sites (N-methyl/N-ethyl adjacent to an activating group) is 1. The first-order valence-corrected chi connectivity index (χ1v) is 6.06. The molecule has 0 spiro atoms. The third-order valence-corrected chi connectivity index (χ3v) is 3.15. The second-order valence-corrected chi connectivity index (χ2v) is 4.44. The summed E-state index contributed by atoms with van der Waals surface area (Å²) in [5, 5.41) is 5.72. The molecule has 0 unspecified atom stereocenters. The largest absolute Gasteiger partial charge is 0.496 e. The number of nitrogens with one attached hydrogen (secondary N) is 2. The number of carbonyl (C=O) groups excluding carboxylic acids is 1. The zero-order valence-electron chi connectivity index (χ0n) is 11.8. The number of benzene rings is 1. The van der Waals surface area contributed by atoms with Crippen LogP contribution in [0.3, 0.4) is 0 Å². The summed E-state index contributed by atoms with van der Waals surface area (Å²) in [6, 6.07) is 2.07. The van der Waals surface area contributed by atoms with Crippen LogP contribution in [-0.2, 0) is 11.3 Å². The zero-order valence-corrected chi connectivity index (χ0v) is 11.8. The Kier molecular flexibility index (Phi) is 5.16. The molecule has 0 aliphatic rings. The molecule has 0 heterocycles. The fraction of sp³-hybridized carbons (Fsp3) is 0.500. The maximum atomic E-state index is 11.4. The molecule has 1 aromatic rings. The van der Waals surface area contributed by atoms with E-state index in [2.05, 4.69) is 23.6 Å². The average Bonchev–Trinajstić information content (AvgIpc) is 2.33. The van der Waals surface area contributed by atoms with E-state index in [9.17, 15) is 4.79 Å². The van der Waals surface area contributed by atoms with Crippen LogP contribution in [0.25, 0.3) is 0 Å². The van der Waals surface area contributed by atoms with Gasteiger partial charge in [0.05, 0.1) is 13.7 Å². The van der Waals surface area contributed by atoms with Crippen molar-refractivity contribution in [3.63, 3.8) is 0 Å². The van der Waals surface area contributed by atoms with E-state index in [4.69, 9.17) is 4.74 Å². The van der Waals surface area contributed by atoms with E-state index < -0.39 is 0 Å². The van der Waals surface area contributed by atoms with Crippen molar-refractivity contribution in [3.05, 3.63) is 28.3 Å². The molecular weight excluding hydrogens is 228 g/mol. The van der Waals surface area contributed by atoms with Gasteiger partial charge in [-0.3, -0.25) is 4.79 Å². The van der Waals surface area contributed by atoms with Crippen molar-refractivity contribution in [2.24, 2.45) is 0 Å². The van der Waals surface area contributed by atoms with Crippen LogP contribution in [0.15, 0.2) is 6.07 Å². The minimum absolute atomic E-state index is 0.00280. The summed E-state index contributed by atoms with van der Waals surface area (Å²) >= 11 is 0. The van der Waals surface area contributed by atoms with Gasteiger partial charge in [-0.25, -0.2) is 0 Å². The number of amides is 1. The summed E-state index contributed by atoms with van der Waals surface area (Å²) in [6.45, 7) is 7.01.